The number of carbonyl (C=O) groups is 2. The van der Waals surface area contributed by atoms with Crippen molar-refractivity contribution in [2.45, 2.75) is 116 Å². The van der Waals surface area contributed by atoms with Crippen molar-refractivity contribution < 1.29 is 24.2 Å². The molecule has 13 atom stereocenters. The highest BCUT2D eigenvalue weighted by Crippen LogP contribution is 2.68. The highest BCUT2D eigenvalue weighted by atomic mass is 16.5. The molecule has 6 fully saturated rings. The number of hydrogen-bond acceptors (Lipinski definition) is 6. The quantitative estimate of drug-likeness (QED) is 0.532. The fourth-order valence-corrected chi connectivity index (χ4v) is 11.2. The largest absolute Gasteiger partial charge is 0.463 e. The second-order valence-corrected chi connectivity index (χ2v) is 14.5. The Morgan fingerprint density at radius 1 is 0.811 bits per heavy atom. The average molecular weight is 516 g/mol. The topological polar surface area (TPSA) is 76.1 Å². The van der Waals surface area contributed by atoms with Crippen LogP contribution in [0.4, 0.5) is 0 Å². The van der Waals surface area contributed by atoms with Crippen LogP contribution in [-0.2, 0) is 19.1 Å². The summed E-state index contributed by atoms with van der Waals surface area (Å²) in [6.45, 7) is 12.7. The van der Waals surface area contributed by atoms with E-state index in [0.29, 0.717) is 29.6 Å². The molecule has 2 aliphatic heterocycles. The van der Waals surface area contributed by atoms with Gasteiger partial charge in [0.25, 0.3) is 0 Å². The van der Waals surface area contributed by atoms with Crippen molar-refractivity contribution in [3.05, 3.63) is 0 Å². The van der Waals surface area contributed by atoms with Gasteiger partial charge in [-0.15, -0.1) is 0 Å². The van der Waals surface area contributed by atoms with Gasteiger partial charge in [0.15, 0.2) is 0 Å². The number of ether oxygens (including phenoxy) is 2. The first-order valence-electron chi connectivity index (χ1n) is 15.3. The summed E-state index contributed by atoms with van der Waals surface area (Å²) < 4.78 is 11.7. The molecule has 0 amide bonds. The normalized spacial score (nSPS) is 53.1. The molecule has 0 aromatic carbocycles. The molecule has 0 unspecified atom stereocenters. The number of nitrogens with zero attached hydrogens (tertiary/aromatic N) is 1. The number of esters is 2. The zero-order valence-corrected chi connectivity index (χ0v) is 23.7. The Kier molecular flexibility index (Phi) is 6.50. The Hall–Kier alpha value is -1.14. The third kappa shape index (κ3) is 4.10. The Morgan fingerprint density at radius 2 is 1.57 bits per heavy atom. The standard InChI is InChI=1S/C31H49NO5/c1-17-6-7-28-18(2)22-9-11-31(35)24(23(22)16-32(28)15-17)13-25-26(31)14-29(37-20(4)34)27-12-21(36-19(3)33)8-10-30(25,27)5/h17-18,21-29,35H,6-16H2,1-5H3/t17-,18-,21+,22-,23-,24+,25+,26+,27-,28+,29+,30-,31+/m1/s1. The SMILES string of the molecule is CC(=O)O[C@H]1CC[C@@]2(C)[C@H](C1)[C@@H](OC(C)=O)C[C@H]1[C@@H]2C[C@H]2[C@@H]3CN4C[C@H](C)CC[C@H]4[C@H](C)[C@H]3CC[C@]21O. The summed E-state index contributed by atoms with van der Waals surface area (Å²) in [5.41, 5.74) is -0.663. The van der Waals surface area contributed by atoms with Crippen molar-refractivity contribution in [3.63, 3.8) is 0 Å². The summed E-state index contributed by atoms with van der Waals surface area (Å²) >= 11 is 0. The van der Waals surface area contributed by atoms with Crippen LogP contribution in [0.2, 0.25) is 0 Å². The smallest absolute Gasteiger partial charge is 0.302 e. The fraction of sp³-hybridized carbons (Fsp3) is 0.935. The first kappa shape index (κ1) is 26.1. The van der Waals surface area contributed by atoms with Gasteiger partial charge in [0.05, 0.1) is 5.60 Å². The van der Waals surface area contributed by atoms with Crippen molar-refractivity contribution in [2.75, 3.05) is 13.1 Å². The lowest BCUT2D eigenvalue weighted by Gasteiger charge is -2.59. The van der Waals surface area contributed by atoms with Gasteiger partial charge in [-0.05, 0) is 105 Å². The van der Waals surface area contributed by atoms with Crippen LogP contribution in [0.25, 0.3) is 0 Å². The Labute approximate surface area is 223 Å². The fourth-order valence-electron chi connectivity index (χ4n) is 11.2. The zero-order valence-electron chi connectivity index (χ0n) is 23.7. The molecule has 0 radical (unpaired) electrons. The summed E-state index contributed by atoms with van der Waals surface area (Å²) in [5.74, 6) is 3.41. The van der Waals surface area contributed by atoms with E-state index in [9.17, 15) is 14.7 Å². The summed E-state index contributed by atoms with van der Waals surface area (Å²) in [7, 11) is 0. The van der Waals surface area contributed by atoms with Crippen LogP contribution in [0.1, 0.15) is 92.4 Å². The molecular weight excluding hydrogens is 466 g/mol. The van der Waals surface area contributed by atoms with Crippen LogP contribution in [-0.4, -0.2) is 58.9 Å². The maximum absolute atomic E-state index is 12.6. The molecule has 37 heavy (non-hydrogen) atoms. The Balaban J connectivity index is 1.30. The van der Waals surface area contributed by atoms with Gasteiger partial charge in [-0.25, -0.2) is 0 Å². The minimum absolute atomic E-state index is 0.00922. The molecule has 6 nitrogen and oxygen atoms in total. The summed E-state index contributed by atoms with van der Waals surface area (Å²) in [5, 5.41) is 12.6. The van der Waals surface area contributed by atoms with E-state index in [2.05, 4.69) is 25.7 Å². The summed E-state index contributed by atoms with van der Waals surface area (Å²) in [6, 6.07) is 0.721. The zero-order chi connectivity index (χ0) is 26.3. The molecule has 4 aliphatic carbocycles. The van der Waals surface area contributed by atoms with Gasteiger partial charge in [-0.2, -0.15) is 0 Å². The van der Waals surface area contributed by atoms with E-state index in [4.69, 9.17) is 9.47 Å². The molecule has 208 valence electrons. The van der Waals surface area contributed by atoms with Gasteiger partial charge in [0, 0.05) is 38.9 Å². The molecule has 2 heterocycles. The number of aliphatic hydroxyl groups is 1. The van der Waals surface area contributed by atoms with Crippen LogP contribution in [0.15, 0.2) is 0 Å². The summed E-state index contributed by atoms with van der Waals surface area (Å²) in [4.78, 5) is 26.8. The van der Waals surface area contributed by atoms with Gasteiger partial charge >= 0.3 is 11.9 Å². The number of rotatable bonds is 2. The van der Waals surface area contributed by atoms with E-state index < -0.39 is 5.60 Å². The lowest BCUT2D eigenvalue weighted by Crippen LogP contribution is -2.62. The second-order valence-electron chi connectivity index (χ2n) is 14.5. The lowest BCUT2D eigenvalue weighted by molar-refractivity contribution is -0.195. The molecule has 0 spiro atoms. The average Bonchev–Trinajstić information content (AvgIpc) is 3.13. The van der Waals surface area contributed by atoms with Crippen LogP contribution < -0.4 is 0 Å². The Morgan fingerprint density at radius 3 is 2.30 bits per heavy atom. The maximum Gasteiger partial charge on any atom is 0.302 e. The predicted octanol–water partition coefficient (Wildman–Crippen LogP) is 4.82. The third-order valence-electron chi connectivity index (χ3n) is 12.7. The highest BCUT2D eigenvalue weighted by molar-refractivity contribution is 5.66. The van der Waals surface area contributed by atoms with E-state index in [1.54, 1.807) is 0 Å². The summed E-state index contributed by atoms with van der Waals surface area (Å²) in [6.07, 6.45) is 8.85. The minimum Gasteiger partial charge on any atom is -0.463 e. The van der Waals surface area contributed by atoms with E-state index >= 15 is 0 Å². The molecule has 0 aromatic heterocycles. The highest BCUT2D eigenvalue weighted by Gasteiger charge is 2.68. The van der Waals surface area contributed by atoms with Crippen molar-refractivity contribution in [3.8, 4) is 0 Å². The van der Waals surface area contributed by atoms with Crippen LogP contribution in [0.3, 0.4) is 0 Å². The predicted molar refractivity (Wildman–Crippen MR) is 140 cm³/mol. The third-order valence-corrected chi connectivity index (χ3v) is 12.7. The van der Waals surface area contributed by atoms with Gasteiger partial charge in [0.1, 0.15) is 12.2 Å². The molecular formula is C31H49NO5. The minimum atomic E-state index is -0.654. The molecule has 1 N–H and O–H groups in total. The molecule has 2 saturated heterocycles. The van der Waals surface area contributed by atoms with E-state index in [0.717, 1.165) is 63.5 Å². The second kappa shape index (κ2) is 9.21. The number of fused-ring (bicyclic) bond motifs is 8. The molecule has 0 bridgehead atoms. The maximum atomic E-state index is 12.6. The van der Waals surface area contributed by atoms with E-state index in [1.807, 2.05) is 0 Å². The van der Waals surface area contributed by atoms with Crippen molar-refractivity contribution in [2.24, 2.45) is 52.8 Å². The van der Waals surface area contributed by atoms with Crippen molar-refractivity contribution in [1.29, 1.82) is 0 Å². The van der Waals surface area contributed by atoms with Gasteiger partial charge in [-0.1, -0.05) is 20.8 Å². The monoisotopic (exact) mass is 515 g/mol. The van der Waals surface area contributed by atoms with Gasteiger partial charge < -0.3 is 14.6 Å². The molecule has 4 saturated carbocycles. The molecule has 6 rings (SSSR count). The van der Waals surface area contributed by atoms with Crippen molar-refractivity contribution >= 4 is 11.9 Å². The van der Waals surface area contributed by atoms with Crippen LogP contribution >= 0.6 is 0 Å². The first-order chi connectivity index (χ1) is 17.5. The number of carbonyl (C=O) groups excluding carboxylic acids is 2. The molecule has 6 aliphatic rings. The van der Waals surface area contributed by atoms with Crippen LogP contribution in [0.5, 0.6) is 0 Å². The van der Waals surface area contributed by atoms with Gasteiger partial charge in [0.2, 0.25) is 0 Å². The first-order valence-corrected chi connectivity index (χ1v) is 15.3. The Bertz CT molecular complexity index is 921. The van der Waals surface area contributed by atoms with Gasteiger partial charge in [-0.3, -0.25) is 14.5 Å². The van der Waals surface area contributed by atoms with E-state index in [-0.39, 0.29) is 41.4 Å². The van der Waals surface area contributed by atoms with Crippen molar-refractivity contribution in [1.82, 2.24) is 4.90 Å². The molecule has 6 heteroatoms. The lowest BCUT2D eigenvalue weighted by atomic mass is 9.50. The van der Waals surface area contributed by atoms with E-state index in [1.165, 1.54) is 33.2 Å². The van der Waals surface area contributed by atoms with Crippen LogP contribution in [0, 0.1) is 52.8 Å². The molecule has 0 aromatic rings. The number of piperidine rings is 2. The number of hydrogen-bond donors (Lipinski definition) is 1.